The van der Waals surface area contributed by atoms with Crippen LogP contribution in [-0.4, -0.2) is 27.9 Å². The molecule has 2 aromatic carbocycles. The molecule has 0 aliphatic heterocycles. The van der Waals surface area contributed by atoms with Crippen molar-refractivity contribution in [1.82, 2.24) is 5.32 Å². The quantitative estimate of drug-likeness (QED) is 0.180. The summed E-state index contributed by atoms with van der Waals surface area (Å²) in [6.45, 7) is 0. The second kappa shape index (κ2) is 9.13. The molecular weight excluding hydrogens is 531 g/mol. The van der Waals surface area contributed by atoms with Crippen molar-refractivity contribution in [2.45, 2.75) is 9.96 Å². The van der Waals surface area contributed by atoms with E-state index >= 15 is 0 Å². The zero-order chi connectivity index (χ0) is 20.2. The van der Waals surface area contributed by atoms with Gasteiger partial charge in [-0.05, 0) is 52.9 Å². The van der Waals surface area contributed by atoms with Crippen molar-refractivity contribution in [3.05, 3.63) is 61.7 Å². The summed E-state index contributed by atoms with van der Waals surface area (Å²) < 4.78 is 3.86. The lowest BCUT2D eigenvalue weighted by atomic mass is 10.2. The number of nitro groups is 1. The van der Waals surface area contributed by atoms with E-state index in [4.69, 9.17) is 39.5 Å². The van der Waals surface area contributed by atoms with Gasteiger partial charge in [0, 0.05) is 9.13 Å². The monoisotopic (exact) mass is 543 g/mol. The SMILES string of the molecule is COc1ccc(N[C@@H](NC(=O)c2cccc(I)c2)C(Cl)(Cl)Cl)c([N+](=O)[O-])c1. The second-order valence-corrected chi connectivity index (χ2v) is 8.86. The van der Waals surface area contributed by atoms with E-state index in [2.05, 4.69) is 33.2 Å². The molecule has 0 fully saturated rings. The largest absolute Gasteiger partial charge is 0.496 e. The summed E-state index contributed by atoms with van der Waals surface area (Å²) in [7, 11) is 1.39. The molecule has 0 bridgehead atoms. The molecule has 144 valence electrons. The number of halogens is 4. The van der Waals surface area contributed by atoms with Gasteiger partial charge in [0.2, 0.25) is 3.79 Å². The number of benzene rings is 2. The summed E-state index contributed by atoms with van der Waals surface area (Å²) in [5, 5.41) is 16.6. The van der Waals surface area contributed by atoms with Gasteiger partial charge in [-0.1, -0.05) is 40.9 Å². The van der Waals surface area contributed by atoms with Crippen LogP contribution < -0.4 is 15.4 Å². The van der Waals surface area contributed by atoms with Crippen molar-refractivity contribution < 1.29 is 14.5 Å². The van der Waals surface area contributed by atoms with E-state index in [1.54, 1.807) is 18.2 Å². The van der Waals surface area contributed by atoms with Gasteiger partial charge in [0.15, 0.2) is 0 Å². The number of rotatable bonds is 6. The number of carbonyl (C=O) groups is 1. The Labute approximate surface area is 183 Å². The van der Waals surface area contributed by atoms with Crippen LogP contribution in [0, 0.1) is 13.7 Å². The Bertz CT molecular complexity index is 861. The molecule has 2 aromatic rings. The summed E-state index contributed by atoms with van der Waals surface area (Å²) in [5.74, 6) is -0.214. The number of methoxy groups -OCH3 is 1. The number of hydrogen-bond donors (Lipinski definition) is 2. The van der Waals surface area contributed by atoms with Crippen molar-refractivity contribution >= 4 is 74.7 Å². The fourth-order valence-electron chi connectivity index (χ4n) is 2.11. The van der Waals surface area contributed by atoms with Gasteiger partial charge in [-0.25, -0.2) is 0 Å². The molecule has 2 rings (SSSR count). The number of nitrogens with zero attached hydrogens (tertiary/aromatic N) is 1. The first-order valence-corrected chi connectivity index (χ1v) is 9.55. The van der Waals surface area contributed by atoms with E-state index in [1.165, 1.54) is 25.3 Å². The third-order valence-corrected chi connectivity index (χ3v) is 4.72. The van der Waals surface area contributed by atoms with Crippen molar-refractivity contribution in [3.63, 3.8) is 0 Å². The Kier molecular flexibility index (Phi) is 7.38. The molecule has 7 nitrogen and oxygen atoms in total. The standard InChI is InChI=1S/C16H13Cl3IN3O4/c1-27-11-5-6-12(13(8-11)23(25)26)21-15(16(17,18)19)22-14(24)9-3-2-4-10(20)7-9/h2-8,15,21H,1H3,(H,22,24)/t15-/m0/s1. The molecular formula is C16H13Cl3IN3O4. The van der Waals surface area contributed by atoms with Gasteiger partial charge in [0.05, 0.1) is 18.1 Å². The van der Waals surface area contributed by atoms with Crippen LogP contribution in [0.4, 0.5) is 11.4 Å². The molecule has 1 amide bonds. The summed E-state index contributed by atoms with van der Waals surface area (Å²) in [4.78, 5) is 23.2. The van der Waals surface area contributed by atoms with Crippen LogP contribution >= 0.6 is 57.4 Å². The van der Waals surface area contributed by atoms with Gasteiger partial charge in [0.25, 0.3) is 11.6 Å². The summed E-state index contributed by atoms with van der Waals surface area (Å²) in [6, 6.07) is 10.9. The molecule has 0 aliphatic rings. The first-order valence-electron chi connectivity index (χ1n) is 7.34. The maximum atomic E-state index is 12.5. The highest BCUT2D eigenvalue weighted by Gasteiger charge is 2.35. The minimum Gasteiger partial charge on any atom is -0.496 e. The Morgan fingerprint density at radius 1 is 1.26 bits per heavy atom. The number of anilines is 1. The Morgan fingerprint density at radius 2 is 1.96 bits per heavy atom. The minimum atomic E-state index is -1.98. The van der Waals surface area contributed by atoms with Crippen LogP contribution in [0.1, 0.15) is 10.4 Å². The lowest BCUT2D eigenvalue weighted by Crippen LogP contribution is -2.49. The van der Waals surface area contributed by atoms with Gasteiger partial charge in [-0.3, -0.25) is 14.9 Å². The van der Waals surface area contributed by atoms with Gasteiger partial charge in [0.1, 0.15) is 17.6 Å². The summed E-state index contributed by atoms with van der Waals surface area (Å²) in [5.41, 5.74) is 0.115. The number of amides is 1. The van der Waals surface area contributed by atoms with Crippen LogP contribution in [0.15, 0.2) is 42.5 Å². The van der Waals surface area contributed by atoms with Crippen LogP contribution in [0.2, 0.25) is 0 Å². The molecule has 1 atom stereocenters. The maximum absolute atomic E-state index is 12.5. The normalized spacial score (nSPS) is 12.2. The predicted octanol–water partition coefficient (Wildman–Crippen LogP) is 4.75. The Balaban J connectivity index is 2.31. The number of carbonyl (C=O) groups excluding carboxylic acids is 1. The first-order chi connectivity index (χ1) is 12.6. The van der Waals surface area contributed by atoms with E-state index < -0.39 is 20.8 Å². The molecule has 0 saturated heterocycles. The molecule has 0 spiro atoms. The highest BCUT2D eigenvalue weighted by atomic mass is 127. The molecule has 0 aliphatic carbocycles. The van der Waals surface area contributed by atoms with Crippen molar-refractivity contribution in [2.24, 2.45) is 0 Å². The maximum Gasteiger partial charge on any atom is 0.296 e. The van der Waals surface area contributed by atoms with Crippen molar-refractivity contribution in [2.75, 3.05) is 12.4 Å². The first kappa shape index (κ1) is 21.8. The predicted molar refractivity (Wildman–Crippen MR) is 114 cm³/mol. The van der Waals surface area contributed by atoms with Gasteiger partial charge in [-0.15, -0.1) is 0 Å². The Hall–Kier alpha value is -1.49. The topological polar surface area (TPSA) is 93.5 Å². The molecule has 0 heterocycles. The average molecular weight is 545 g/mol. The van der Waals surface area contributed by atoms with Gasteiger partial charge < -0.3 is 15.4 Å². The smallest absolute Gasteiger partial charge is 0.296 e. The van der Waals surface area contributed by atoms with Crippen LogP contribution in [-0.2, 0) is 0 Å². The summed E-state index contributed by atoms with van der Waals surface area (Å²) in [6.07, 6.45) is -1.24. The molecule has 27 heavy (non-hydrogen) atoms. The third kappa shape index (κ3) is 6.00. The number of ether oxygens (including phenoxy) is 1. The van der Waals surface area contributed by atoms with E-state index in [1.807, 2.05) is 6.07 Å². The molecule has 2 N–H and O–H groups in total. The lowest BCUT2D eigenvalue weighted by Gasteiger charge is -2.27. The molecule has 0 radical (unpaired) electrons. The van der Waals surface area contributed by atoms with Crippen LogP contribution in [0.5, 0.6) is 5.75 Å². The highest BCUT2D eigenvalue weighted by Crippen LogP contribution is 2.35. The average Bonchev–Trinajstić information content (AvgIpc) is 2.60. The highest BCUT2D eigenvalue weighted by molar-refractivity contribution is 14.1. The van der Waals surface area contributed by atoms with E-state index in [0.717, 1.165) is 3.57 Å². The molecule has 0 aromatic heterocycles. The van der Waals surface area contributed by atoms with Gasteiger partial charge in [-0.2, -0.15) is 0 Å². The molecule has 11 heteroatoms. The number of nitro benzene ring substituents is 1. The zero-order valence-corrected chi connectivity index (χ0v) is 18.1. The zero-order valence-electron chi connectivity index (χ0n) is 13.7. The summed E-state index contributed by atoms with van der Waals surface area (Å²) >= 11 is 19.9. The number of alkyl halides is 3. The van der Waals surface area contributed by atoms with E-state index in [-0.39, 0.29) is 11.4 Å². The molecule has 0 unspecified atom stereocenters. The lowest BCUT2D eigenvalue weighted by molar-refractivity contribution is -0.384. The van der Waals surface area contributed by atoms with Crippen LogP contribution in [0.25, 0.3) is 0 Å². The van der Waals surface area contributed by atoms with Crippen LogP contribution in [0.3, 0.4) is 0 Å². The van der Waals surface area contributed by atoms with Crippen molar-refractivity contribution in [1.29, 1.82) is 0 Å². The fourth-order valence-corrected chi connectivity index (χ4v) is 2.98. The second-order valence-electron chi connectivity index (χ2n) is 5.24. The Morgan fingerprint density at radius 3 is 2.52 bits per heavy atom. The van der Waals surface area contributed by atoms with Gasteiger partial charge >= 0.3 is 0 Å². The third-order valence-electron chi connectivity index (χ3n) is 3.39. The molecule has 0 saturated carbocycles. The number of nitrogens with one attached hydrogen (secondary N) is 2. The minimum absolute atomic E-state index is 0.0556. The van der Waals surface area contributed by atoms with E-state index in [0.29, 0.717) is 11.3 Å². The van der Waals surface area contributed by atoms with Crippen molar-refractivity contribution in [3.8, 4) is 5.75 Å². The van der Waals surface area contributed by atoms with E-state index in [9.17, 15) is 14.9 Å². The fraction of sp³-hybridized carbons (Fsp3) is 0.188. The number of hydrogen-bond acceptors (Lipinski definition) is 5.